The van der Waals surface area contributed by atoms with Crippen LogP contribution in [-0.2, 0) is 9.84 Å². The van der Waals surface area contributed by atoms with Crippen LogP contribution in [-0.4, -0.2) is 43.2 Å². The van der Waals surface area contributed by atoms with Gasteiger partial charge in [0, 0.05) is 0 Å². The molecule has 0 aromatic rings. The first kappa shape index (κ1) is 9.43. The highest BCUT2D eigenvalue weighted by molar-refractivity contribution is 7.91. The quantitative estimate of drug-likeness (QED) is 0.548. The number of piperidine rings is 1. The van der Waals surface area contributed by atoms with Gasteiger partial charge in [0.05, 0.1) is 23.1 Å². The molecule has 0 aromatic heterocycles. The fourth-order valence-corrected chi connectivity index (χ4v) is 4.35. The number of aliphatic hydroxyl groups excluding tert-OH is 1. The average molecular weight is 205 g/mol. The second-order valence-electron chi connectivity index (χ2n) is 4.08. The summed E-state index contributed by atoms with van der Waals surface area (Å²) in [5, 5.41) is 12.9. The zero-order valence-electron chi connectivity index (χ0n) is 7.49. The predicted octanol–water partition coefficient (Wildman–Crippen LogP) is -0.712. The molecule has 0 bridgehead atoms. The van der Waals surface area contributed by atoms with Gasteiger partial charge in [0.2, 0.25) is 0 Å². The second-order valence-corrected chi connectivity index (χ2v) is 6.27. The molecule has 2 aliphatic rings. The molecule has 2 N–H and O–H groups in total. The molecule has 0 aromatic carbocycles. The minimum Gasteiger partial charge on any atom is -0.391 e. The zero-order chi connectivity index (χ0) is 9.53. The maximum atomic E-state index is 11.3. The Morgan fingerprint density at radius 2 is 2.23 bits per heavy atom. The maximum Gasteiger partial charge on any atom is 0.152 e. The third-order valence-corrected chi connectivity index (χ3v) is 4.89. The van der Waals surface area contributed by atoms with Crippen LogP contribution in [0.5, 0.6) is 0 Å². The van der Waals surface area contributed by atoms with Gasteiger partial charge < -0.3 is 10.4 Å². The largest absolute Gasteiger partial charge is 0.391 e. The summed E-state index contributed by atoms with van der Waals surface area (Å²) < 4.78 is 22.6. The van der Waals surface area contributed by atoms with Gasteiger partial charge in [-0.2, -0.15) is 0 Å². The van der Waals surface area contributed by atoms with Gasteiger partial charge in [0.1, 0.15) is 0 Å². The summed E-state index contributed by atoms with van der Waals surface area (Å²) in [6.45, 7) is 0.826. The number of sulfone groups is 1. The van der Waals surface area contributed by atoms with Crippen LogP contribution in [0, 0.1) is 0 Å². The summed E-state index contributed by atoms with van der Waals surface area (Å²) in [7, 11) is -2.91. The van der Waals surface area contributed by atoms with Gasteiger partial charge >= 0.3 is 0 Å². The van der Waals surface area contributed by atoms with Gasteiger partial charge in [-0.05, 0) is 25.8 Å². The van der Waals surface area contributed by atoms with Crippen molar-refractivity contribution in [2.45, 2.75) is 30.9 Å². The van der Waals surface area contributed by atoms with Gasteiger partial charge in [-0.1, -0.05) is 0 Å². The van der Waals surface area contributed by atoms with E-state index in [-0.39, 0.29) is 11.5 Å². The molecule has 0 amide bonds. The topological polar surface area (TPSA) is 66.4 Å². The SMILES string of the molecule is O=S1(=O)CCC2(C1)NCCCC2O. The summed E-state index contributed by atoms with van der Waals surface area (Å²) in [5.41, 5.74) is -0.517. The second kappa shape index (κ2) is 2.93. The molecule has 0 saturated carbocycles. The third-order valence-electron chi connectivity index (χ3n) is 3.11. The number of hydrogen-bond donors (Lipinski definition) is 2. The van der Waals surface area contributed by atoms with E-state index in [1.54, 1.807) is 0 Å². The Kier molecular flexibility index (Phi) is 2.13. The average Bonchev–Trinajstić information content (AvgIpc) is 2.35. The van der Waals surface area contributed by atoms with Gasteiger partial charge in [-0.25, -0.2) is 8.42 Å². The first-order valence-corrected chi connectivity index (χ1v) is 6.50. The zero-order valence-corrected chi connectivity index (χ0v) is 8.31. The van der Waals surface area contributed by atoms with Crippen LogP contribution < -0.4 is 5.32 Å². The van der Waals surface area contributed by atoms with E-state index in [1.165, 1.54) is 0 Å². The van der Waals surface area contributed by atoms with Crippen molar-refractivity contribution >= 4 is 9.84 Å². The Hall–Kier alpha value is -0.130. The van der Waals surface area contributed by atoms with Crippen LogP contribution in [0.2, 0.25) is 0 Å². The van der Waals surface area contributed by atoms with E-state index in [0.29, 0.717) is 6.42 Å². The standard InChI is InChI=1S/C8H15NO3S/c10-7-2-1-4-9-8(7)3-5-13(11,12)6-8/h7,9-10H,1-6H2. The molecule has 2 atom stereocenters. The fraction of sp³-hybridized carbons (Fsp3) is 1.00. The summed E-state index contributed by atoms with van der Waals surface area (Å²) in [6, 6.07) is 0. The smallest absolute Gasteiger partial charge is 0.152 e. The molecule has 2 fully saturated rings. The molecular weight excluding hydrogens is 190 g/mol. The summed E-state index contributed by atoms with van der Waals surface area (Å²) >= 11 is 0. The molecular formula is C8H15NO3S. The molecule has 2 heterocycles. The molecule has 2 unspecified atom stereocenters. The molecule has 76 valence electrons. The number of aliphatic hydroxyl groups is 1. The fourth-order valence-electron chi connectivity index (χ4n) is 2.30. The molecule has 1 spiro atoms. The van der Waals surface area contributed by atoms with Crippen LogP contribution in [0.4, 0.5) is 0 Å². The van der Waals surface area contributed by atoms with Crippen molar-refractivity contribution in [3.05, 3.63) is 0 Å². The number of rotatable bonds is 0. The molecule has 5 heteroatoms. The van der Waals surface area contributed by atoms with Gasteiger partial charge in [0.15, 0.2) is 9.84 Å². The van der Waals surface area contributed by atoms with Crippen molar-refractivity contribution in [1.29, 1.82) is 0 Å². The van der Waals surface area contributed by atoms with E-state index in [9.17, 15) is 13.5 Å². The predicted molar refractivity (Wildman–Crippen MR) is 49.2 cm³/mol. The van der Waals surface area contributed by atoms with Crippen molar-refractivity contribution in [1.82, 2.24) is 5.32 Å². The van der Waals surface area contributed by atoms with E-state index in [2.05, 4.69) is 5.32 Å². The van der Waals surface area contributed by atoms with E-state index in [1.807, 2.05) is 0 Å². The van der Waals surface area contributed by atoms with E-state index in [4.69, 9.17) is 0 Å². The van der Waals surface area contributed by atoms with E-state index in [0.717, 1.165) is 19.4 Å². The molecule has 13 heavy (non-hydrogen) atoms. The molecule has 2 rings (SSSR count). The highest BCUT2D eigenvalue weighted by atomic mass is 32.2. The Bertz CT molecular complexity index is 301. The normalized spacial score (nSPS) is 43.9. The Labute approximate surface area is 78.3 Å². The molecule has 0 aliphatic carbocycles. The Morgan fingerprint density at radius 3 is 2.77 bits per heavy atom. The van der Waals surface area contributed by atoms with Crippen molar-refractivity contribution in [3.63, 3.8) is 0 Å². The van der Waals surface area contributed by atoms with Crippen molar-refractivity contribution in [3.8, 4) is 0 Å². The lowest BCUT2D eigenvalue weighted by Crippen LogP contribution is -2.58. The molecule has 2 aliphatic heterocycles. The van der Waals surface area contributed by atoms with Crippen molar-refractivity contribution in [2.24, 2.45) is 0 Å². The minimum absolute atomic E-state index is 0.112. The summed E-state index contributed by atoms with van der Waals surface area (Å²) in [4.78, 5) is 0. The molecule has 2 saturated heterocycles. The van der Waals surface area contributed by atoms with Gasteiger partial charge in [-0.3, -0.25) is 0 Å². The monoisotopic (exact) mass is 205 g/mol. The maximum absolute atomic E-state index is 11.3. The van der Waals surface area contributed by atoms with Gasteiger partial charge in [-0.15, -0.1) is 0 Å². The first-order valence-electron chi connectivity index (χ1n) is 4.68. The highest BCUT2D eigenvalue weighted by Gasteiger charge is 2.48. The van der Waals surface area contributed by atoms with Crippen LogP contribution in [0.15, 0.2) is 0 Å². The molecule has 4 nitrogen and oxygen atoms in total. The Morgan fingerprint density at radius 1 is 1.46 bits per heavy atom. The molecule has 0 radical (unpaired) electrons. The van der Waals surface area contributed by atoms with Crippen molar-refractivity contribution in [2.75, 3.05) is 18.1 Å². The number of nitrogens with one attached hydrogen (secondary N) is 1. The lowest BCUT2D eigenvalue weighted by atomic mass is 9.85. The van der Waals surface area contributed by atoms with Crippen LogP contribution in [0.1, 0.15) is 19.3 Å². The Balaban J connectivity index is 2.21. The first-order chi connectivity index (χ1) is 6.04. The summed E-state index contributed by atoms with van der Waals surface area (Å²) in [5.74, 6) is 0.332. The van der Waals surface area contributed by atoms with Gasteiger partial charge in [0.25, 0.3) is 0 Å². The van der Waals surface area contributed by atoms with Crippen molar-refractivity contribution < 1.29 is 13.5 Å². The number of hydrogen-bond acceptors (Lipinski definition) is 4. The minimum atomic E-state index is -2.91. The van der Waals surface area contributed by atoms with Crippen LogP contribution in [0.25, 0.3) is 0 Å². The summed E-state index contributed by atoms with van der Waals surface area (Å²) in [6.07, 6.45) is 1.74. The highest BCUT2D eigenvalue weighted by Crippen LogP contribution is 2.31. The van der Waals surface area contributed by atoms with E-state index < -0.39 is 21.5 Å². The third kappa shape index (κ3) is 1.60. The van der Waals surface area contributed by atoms with Crippen LogP contribution >= 0.6 is 0 Å². The van der Waals surface area contributed by atoms with E-state index >= 15 is 0 Å². The lowest BCUT2D eigenvalue weighted by Gasteiger charge is -2.38. The lowest BCUT2D eigenvalue weighted by molar-refractivity contribution is 0.0445. The van der Waals surface area contributed by atoms with Crippen LogP contribution in [0.3, 0.4) is 0 Å².